The average Bonchev–Trinajstić information content (AvgIpc) is 3.55. The summed E-state index contributed by atoms with van der Waals surface area (Å²) in [4.78, 5) is 45.7. The number of carbonyl (C=O) groups excluding carboxylic acids is 3. The summed E-state index contributed by atoms with van der Waals surface area (Å²) in [6.45, 7) is 5.94. The molecular weight excluding hydrogens is 643 g/mol. The molecule has 1 atom stereocenters. The van der Waals surface area contributed by atoms with Gasteiger partial charge in [-0.3, -0.25) is 19.1 Å². The number of nitrogens with zero attached hydrogens (tertiary/aromatic N) is 4. The number of benzene rings is 2. The first-order chi connectivity index (χ1) is 24.2. The van der Waals surface area contributed by atoms with Crippen molar-refractivity contribution >= 4 is 57.9 Å². The highest BCUT2D eigenvalue weighted by molar-refractivity contribution is 8.10. The zero-order valence-electron chi connectivity index (χ0n) is 30.7. The minimum absolute atomic E-state index is 0.0000321. The Morgan fingerprint density at radius 1 is 0.840 bits per heavy atom. The lowest BCUT2D eigenvalue weighted by Crippen LogP contribution is -2.43. The summed E-state index contributed by atoms with van der Waals surface area (Å²) in [6.07, 6.45) is 16.8. The van der Waals surface area contributed by atoms with Gasteiger partial charge in [0.05, 0.1) is 0 Å². The molecule has 3 fully saturated rings. The number of rotatable bonds is 11. The summed E-state index contributed by atoms with van der Waals surface area (Å²) in [5, 5.41) is 0. The third-order valence-electron chi connectivity index (χ3n) is 10.7. The number of piperidine rings is 1. The predicted molar refractivity (Wildman–Crippen MR) is 211 cm³/mol. The maximum absolute atomic E-state index is 13.4. The van der Waals surface area contributed by atoms with Crippen LogP contribution < -0.4 is 9.62 Å². The van der Waals surface area contributed by atoms with Crippen molar-refractivity contribution in [3.63, 3.8) is 0 Å². The number of allylic oxidation sites excluding steroid dienone is 1. The number of nitrogens with one attached hydrogen (secondary N) is 1. The molecule has 1 saturated carbocycles. The molecule has 9 heteroatoms. The molecule has 0 radical (unpaired) electrons. The second kappa shape index (κ2) is 18.0. The molecular formula is C41H57N5O3S. The molecule has 270 valence electrons. The van der Waals surface area contributed by atoms with Gasteiger partial charge < -0.3 is 14.7 Å². The molecule has 2 saturated heterocycles. The summed E-state index contributed by atoms with van der Waals surface area (Å²) < 4.78 is 4.93. The van der Waals surface area contributed by atoms with Crippen LogP contribution >= 0.6 is 10.9 Å². The van der Waals surface area contributed by atoms with Crippen molar-refractivity contribution in [2.45, 2.75) is 71.1 Å². The van der Waals surface area contributed by atoms with Crippen molar-refractivity contribution in [2.75, 3.05) is 58.8 Å². The summed E-state index contributed by atoms with van der Waals surface area (Å²) in [6, 6.07) is 14.4. The van der Waals surface area contributed by atoms with Gasteiger partial charge in [0, 0.05) is 68.6 Å². The van der Waals surface area contributed by atoms with Gasteiger partial charge >= 0.3 is 0 Å². The van der Waals surface area contributed by atoms with Gasteiger partial charge in [-0.15, -0.1) is 0 Å². The molecule has 3 amide bonds. The fourth-order valence-electron chi connectivity index (χ4n) is 7.44. The second-order valence-electron chi connectivity index (χ2n) is 14.2. The second-order valence-corrected chi connectivity index (χ2v) is 15.9. The van der Waals surface area contributed by atoms with Crippen molar-refractivity contribution in [1.29, 1.82) is 0 Å². The minimum Gasteiger partial charge on any atom is -0.374 e. The van der Waals surface area contributed by atoms with Gasteiger partial charge in [0.25, 0.3) is 5.91 Å². The van der Waals surface area contributed by atoms with E-state index in [2.05, 4.69) is 59.8 Å². The van der Waals surface area contributed by atoms with Crippen LogP contribution in [-0.2, 0) is 9.59 Å². The predicted octanol–water partition coefficient (Wildman–Crippen LogP) is 7.35. The number of hydrogen-bond acceptors (Lipinski definition) is 5. The number of anilines is 1. The highest BCUT2D eigenvalue weighted by atomic mass is 32.2. The van der Waals surface area contributed by atoms with E-state index in [4.69, 9.17) is 0 Å². The van der Waals surface area contributed by atoms with E-state index in [0.29, 0.717) is 24.6 Å². The van der Waals surface area contributed by atoms with E-state index in [0.717, 1.165) is 80.5 Å². The molecule has 0 bridgehead atoms. The average molecular weight is 700 g/mol. The van der Waals surface area contributed by atoms with Gasteiger partial charge in [-0.05, 0) is 117 Å². The van der Waals surface area contributed by atoms with Crippen molar-refractivity contribution < 1.29 is 14.4 Å². The zero-order chi connectivity index (χ0) is 35.6. The van der Waals surface area contributed by atoms with Gasteiger partial charge in [-0.1, -0.05) is 62.1 Å². The lowest BCUT2D eigenvalue weighted by molar-refractivity contribution is -0.138. The first-order valence-corrected chi connectivity index (χ1v) is 20.0. The van der Waals surface area contributed by atoms with Crippen LogP contribution in [0, 0.1) is 11.8 Å². The Hall–Kier alpha value is -3.69. The fourth-order valence-corrected chi connectivity index (χ4v) is 7.95. The van der Waals surface area contributed by atoms with Crippen LogP contribution in [0.2, 0.25) is 0 Å². The zero-order valence-corrected chi connectivity index (χ0v) is 31.5. The molecule has 50 heavy (non-hydrogen) atoms. The topological polar surface area (TPSA) is 76.2 Å². The molecule has 3 aliphatic rings. The van der Waals surface area contributed by atoms with Crippen molar-refractivity contribution in [3.8, 4) is 0 Å². The highest BCUT2D eigenvalue weighted by Gasteiger charge is 2.31. The Morgan fingerprint density at radius 2 is 1.50 bits per heavy atom. The van der Waals surface area contributed by atoms with Crippen LogP contribution in [-0.4, -0.2) is 91.6 Å². The van der Waals surface area contributed by atoms with E-state index in [-0.39, 0.29) is 23.6 Å². The van der Waals surface area contributed by atoms with Gasteiger partial charge in [0.1, 0.15) is 0 Å². The lowest BCUT2D eigenvalue weighted by atomic mass is 9.83. The fraction of sp³-hybridized carbons (Fsp3) is 0.512. The minimum atomic E-state index is -0.622. The Balaban J connectivity index is 1.42. The van der Waals surface area contributed by atoms with Gasteiger partial charge in [-0.2, -0.15) is 0 Å². The third-order valence-corrected chi connectivity index (χ3v) is 12.0. The largest absolute Gasteiger partial charge is 0.374 e. The Labute approximate surface area is 302 Å². The summed E-state index contributed by atoms with van der Waals surface area (Å²) in [7, 11) is 5.28. The highest BCUT2D eigenvalue weighted by Crippen LogP contribution is 2.40. The molecule has 8 nitrogen and oxygen atoms in total. The van der Waals surface area contributed by atoms with Crippen LogP contribution in [0.5, 0.6) is 0 Å². The first-order valence-electron chi connectivity index (χ1n) is 18.6. The molecule has 1 aliphatic carbocycles. The summed E-state index contributed by atoms with van der Waals surface area (Å²) >= 11 is 0. The van der Waals surface area contributed by atoms with Gasteiger partial charge in [0.15, 0.2) is 0 Å². The van der Waals surface area contributed by atoms with E-state index in [1.807, 2.05) is 52.5 Å². The molecule has 2 aromatic carbocycles. The van der Waals surface area contributed by atoms with Crippen LogP contribution in [0.3, 0.4) is 0 Å². The first kappa shape index (κ1) is 37.6. The normalized spacial score (nSPS) is 18.8. The van der Waals surface area contributed by atoms with E-state index in [9.17, 15) is 14.4 Å². The summed E-state index contributed by atoms with van der Waals surface area (Å²) in [5.74, 6) is 4.66. The quantitative estimate of drug-likeness (QED) is 0.115. The number of likely N-dealkylation sites (tertiary alicyclic amines) is 2. The van der Waals surface area contributed by atoms with E-state index in [1.165, 1.54) is 31.3 Å². The van der Waals surface area contributed by atoms with E-state index in [1.54, 1.807) is 6.08 Å². The third kappa shape index (κ3) is 9.55. The number of hydrogen-bond donors (Lipinski definition) is 1. The maximum atomic E-state index is 13.4. The molecule has 2 heterocycles. The molecule has 0 aromatic heterocycles. The van der Waals surface area contributed by atoms with Crippen molar-refractivity contribution in [2.24, 2.45) is 11.8 Å². The van der Waals surface area contributed by atoms with Crippen LogP contribution in [0.15, 0.2) is 48.5 Å². The van der Waals surface area contributed by atoms with Crippen LogP contribution in [0.25, 0.3) is 17.7 Å². The molecule has 2 aliphatic heterocycles. The Morgan fingerprint density at radius 3 is 2.14 bits per heavy atom. The molecule has 0 spiro atoms. The smallest absolute Gasteiger partial charge is 0.261 e. The number of carbonyl (C=O) groups is 3. The molecule has 1 unspecified atom stereocenters. The SMILES string of the molecule is C=S(NC(=O)c1ccc(/C(=C/c2ccccc2/C=C/C(=O)N2CCC(C(=O)N3CCCC3)CC2)C2CCCCCC2)c(N(C)CC)c1)N(C)C. The monoisotopic (exact) mass is 699 g/mol. The van der Waals surface area contributed by atoms with Crippen LogP contribution in [0.4, 0.5) is 5.69 Å². The van der Waals surface area contributed by atoms with E-state index >= 15 is 0 Å². The van der Waals surface area contributed by atoms with E-state index < -0.39 is 10.9 Å². The van der Waals surface area contributed by atoms with Gasteiger partial charge in [0.2, 0.25) is 11.8 Å². The van der Waals surface area contributed by atoms with Crippen LogP contribution in [0.1, 0.15) is 98.2 Å². The maximum Gasteiger partial charge on any atom is 0.261 e. The molecule has 5 rings (SSSR count). The van der Waals surface area contributed by atoms with Gasteiger partial charge in [-0.25, -0.2) is 4.31 Å². The Bertz CT molecular complexity index is 1580. The Kier molecular flexibility index (Phi) is 13.5. The van der Waals surface area contributed by atoms with Crippen molar-refractivity contribution in [3.05, 3.63) is 70.8 Å². The number of amides is 3. The summed E-state index contributed by atoms with van der Waals surface area (Å²) in [5.41, 5.74) is 6.18. The van der Waals surface area contributed by atoms with Crippen molar-refractivity contribution in [1.82, 2.24) is 18.8 Å². The lowest BCUT2D eigenvalue weighted by Gasteiger charge is -2.32. The molecule has 1 N–H and O–H groups in total. The molecule has 2 aromatic rings. The standard InChI is InChI=1S/C41H57N5O3S/c1-6-44(4)38-30-35(40(48)42-50(5)43(2)3)19-21-36(38)37(32-16-9-7-8-10-17-32)29-34-18-12-11-15-31(34)20-22-39(47)45-27-23-33(24-28-45)41(49)46-25-13-14-26-46/h11-12,15,18-22,29-30,32-33H,5-10,13-14,16-17,23-28H2,1-4H3,(H,42,48)/b22-20+,37-29+.